The van der Waals surface area contributed by atoms with Gasteiger partial charge in [0.05, 0.1) is 17.9 Å². The molecule has 2 aliphatic rings. The van der Waals surface area contributed by atoms with E-state index in [1.54, 1.807) is 0 Å². The summed E-state index contributed by atoms with van der Waals surface area (Å²) in [5.41, 5.74) is 0.407. The molecule has 0 spiro atoms. The molecule has 2 heterocycles. The molecule has 2 heteroatoms. The van der Waals surface area contributed by atoms with Crippen molar-refractivity contribution in [2.45, 2.75) is 32.2 Å². The van der Waals surface area contributed by atoms with Crippen molar-refractivity contribution in [3.05, 3.63) is 0 Å². The van der Waals surface area contributed by atoms with Gasteiger partial charge in [0.2, 0.25) is 0 Å². The largest absolute Gasteiger partial charge is 0.353 e. The molecule has 2 nitrogen and oxygen atoms in total. The Bertz CT molecular complexity index is 186. The second-order valence-electron chi connectivity index (χ2n) is 3.62. The highest BCUT2D eigenvalue weighted by Gasteiger charge is 2.40. The van der Waals surface area contributed by atoms with Crippen LogP contribution in [0.1, 0.15) is 26.7 Å². The van der Waals surface area contributed by atoms with Crippen LogP contribution in [-0.2, 0) is 0 Å². The van der Waals surface area contributed by atoms with Gasteiger partial charge in [-0.25, -0.2) is 0 Å². The first kappa shape index (κ1) is 6.20. The summed E-state index contributed by atoms with van der Waals surface area (Å²) in [6, 6.07) is 0. The molecule has 0 N–H and O–H groups in total. The molecular formula is C8H14N2. The van der Waals surface area contributed by atoms with E-state index in [1.165, 1.54) is 25.2 Å². The lowest BCUT2D eigenvalue weighted by atomic mass is 10.0. The molecule has 0 unspecified atom stereocenters. The summed E-state index contributed by atoms with van der Waals surface area (Å²) in [6.07, 6.45) is 2.68. The van der Waals surface area contributed by atoms with Gasteiger partial charge in [-0.3, -0.25) is 4.99 Å². The molecule has 10 heavy (non-hydrogen) atoms. The summed E-state index contributed by atoms with van der Waals surface area (Å²) >= 11 is 0. The fourth-order valence-electron chi connectivity index (χ4n) is 2.11. The van der Waals surface area contributed by atoms with Crippen molar-refractivity contribution in [3.63, 3.8) is 0 Å². The Balaban J connectivity index is 2.27. The van der Waals surface area contributed by atoms with Gasteiger partial charge in [0, 0.05) is 6.54 Å². The lowest BCUT2D eigenvalue weighted by Crippen LogP contribution is -2.40. The fourth-order valence-corrected chi connectivity index (χ4v) is 2.11. The third kappa shape index (κ3) is 0.619. The Morgan fingerprint density at radius 2 is 2.40 bits per heavy atom. The van der Waals surface area contributed by atoms with E-state index in [9.17, 15) is 0 Å². The quantitative estimate of drug-likeness (QED) is 0.492. The van der Waals surface area contributed by atoms with E-state index in [2.05, 4.69) is 23.7 Å². The van der Waals surface area contributed by atoms with Crippen molar-refractivity contribution in [2.24, 2.45) is 4.99 Å². The number of nitrogens with zero attached hydrogens (tertiary/aromatic N) is 2. The van der Waals surface area contributed by atoms with Crippen LogP contribution in [-0.4, -0.2) is 29.4 Å². The second-order valence-corrected chi connectivity index (χ2v) is 3.62. The standard InChI is InChI=1S/C8H14N2/c1-7-9-6-8(2)4-3-5-10(7)8/h3-6H2,1-2H3/t8-/m0/s1. The molecule has 0 amide bonds. The van der Waals surface area contributed by atoms with Crippen LogP contribution in [0.4, 0.5) is 0 Å². The van der Waals surface area contributed by atoms with Gasteiger partial charge < -0.3 is 4.90 Å². The van der Waals surface area contributed by atoms with Crippen molar-refractivity contribution in [1.82, 2.24) is 4.90 Å². The highest BCUT2D eigenvalue weighted by molar-refractivity contribution is 5.82. The zero-order valence-electron chi connectivity index (χ0n) is 6.72. The molecular weight excluding hydrogens is 124 g/mol. The van der Waals surface area contributed by atoms with Gasteiger partial charge in [0.15, 0.2) is 0 Å². The summed E-state index contributed by atoms with van der Waals surface area (Å²) < 4.78 is 0. The molecule has 0 saturated carbocycles. The monoisotopic (exact) mass is 138 g/mol. The summed E-state index contributed by atoms with van der Waals surface area (Å²) in [7, 11) is 0. The molecule has 0 aliphatic carbocycles. The first-order chi connectivity index (χ1) is 4.72. The summed E-state index contributed by atoms with van der Waals surface area (Å²) in [5.74, 6) is 1.25. The molecule has 1 saturated heterocycles. The molecule has 1 atom stereocenters. The van der Waals surface area contributed by atoms with Gasteiger partial charge in [0.25, 0.3) is 0 Å². The predicted octanol–water partition coefficient (Wildman–Crippen LogP) is 1.27. The van der Waals surface area contributed by atoms with Crippen molar-refractivity contribution in [1.29, 1.82) is 0 Å². The van der Waals surface area contributed by atoms with Crippen LogP contribution < -0.4 is 0 Å². The number of rotatable bonds is 0. The molecule has 2 rings (SSSR count). The van der Waals surface area contributed by atoms with Crippen LogP contribution in [0, 0.1) is 0 Å². The Kier molecular flexibility index (Phi) is 1.08. The van der Waals surface area contributed by atoms with Crippen LogP contribution in [0.25, 0.3) is 0 Å². The van der Waals surface area contributed by atoms with Crippen LogP contribution >= 0.6 is 0 Å². The van der Waals surface area contributed by atoms with Crippen molar-refractivity contribution in [3.8, 4) is 0 Å². The molecule has 56 valence electrons. The van der Waals surface area contributed by atoms with E-state index in [0.717, 1.165) is 6.54 Å². The normalized spacial score (nSPS) is 38.2. The Labute approximate surface area is 61.9 Å². The number of hydrogen-bond acceptors (Lipinski definition) is 2. The number of aliphatic imine (C=N–C) groups is 1. The summed E-state index contributed by atoms with van der Waals surface area (Å²) in [5, 5.41) is 0. The zero-order valence-corrected chi connectivity index (χ0v) is 6.72. The average molecular weight is 138 g/mol. The van der Waals surface area contributed by atoms with Gasteiger partial charge in [-0.2, -0.15) is 0 Å². The summed E-state index contributed by atoms with van der Waals surface area (Å²) in [4.78, 5) is 6.89. The van der Waals surface area contributed by atoms with Gasteiger partial charge in [-0.1, -0.05) is 0 Å². The van der Waals surface area contributed by atoms with Crippen molar-refractivity contribution < 1.29 is 0 Å². The van der Waals surface area contributed by atoms with Gasteiger partial charge in [-0.05, 0) is 26.7 Å². The van der Waals surface area contributed by atoms with E-state index in [1.807, 2.05) is 0 Å². The summed E-state index contributed by atoms with van der Waals surface area (Å²) in [6.45, 7) is 6.70. The maximum Gasteiger partial charge on any atom is 0.0963 e. The number of hydrogen-bond donors (Lipinski definition) is 0. The smallest absolute Gasteiger partial charge is 0.0963 e. The lowest BCUT2D eigenvalue weighted by Gasteiger charge is -2.28. The van der Waals surface area contributed by atoms with Gasteiger partial charge in [-0.15, -0.1) is 0 Å². The zero-order chi connectivity index (χ0) is 7.19. The second kappa shape index (κ2) is 1.74. The maximum absolute atomic E-state index is 4.44. The van der Waals surface area contributed by atoms with E-state index in [4.69, 9.17) is 0 Å². The maximum atomic E-state index is 4.44. The minimum Gasteiger partial charge on any atom is -0.353 e. The van der Waals surface area contributed by atoms with Gasteiger partial charge in [0.1, 0.15) is 0 Å². The van der Waals surface area contributed by atoms with Crippen molar-refractivity contribution >= 4 is 5.84 Å². The number of amidine groups is 1. The lowest BCUT2D eigenvalue weighted by molar-refractivity contribution is 0.291. The highest BCUT2D eigenvalue weighted by Crippen LogP contribution is 2.33. The molecule has 0 aromatic rings. The third-order valence-electron chi connectivity index (χ3n) is 2.79. The average Bonchev–Trinajstić information content (AvgIpc) is 2.35. The van der Waals surface area contributed by atoms with Crippen LogP contribution in [0.3, 0.4) is 0 Å². The van der Waals surface area contributed by atoms with Gasteiger partial charge >= 0.3 is 0 Å². The first-order valence-electron chi connectivity index (χ1n) is 4.01. The molecule has 0 radical (unpaired) electrons. The van der Waals surface area contributed by atoms with Crippen LogP contribution in [0.5, 0.6) is 0 Å². The Hall–Kier alpha value is -0.530. The Morgan fingerprint density at radius 1 is 1.60 bits per heavy atom. The first-order valence-corrected chi connectivity index (χ1v) is 4.01. The van der Waals surface area contributed by atoms with E-state index < -0.39 is 0 Å². The number of fused-ring (bicyclic) bond motifs is 1. The van der Waals surface area contributed by atoms with E-state index >= 15 is 0 Å². The van der Waals surface area contributed by atoms with Crippen molar-refractivity contribution in [2.75, 3.05) is 13.1 Å². The molecule has 0 aromatic carbocycles. The van der Waals surface area contributed by atoms with E-state index in [-0.39, 0.29) is 0 Å². The molecule has 0 aromatic heterocycles. The minimum absolute atomic E-state index is 0.407. The van der Waals surface area contributed by atoms with Crippen LogP contribution in [0.15, 0.2) is 4.99 Å². The molecule has 2 aliphatic heterocycles. The molecule has 0 bridgehead atoms. The fraction of sp³-hybridized carbons (Fsp3) is 0.875. The van der Waals surface area contributed by atoms with E-state index in [0.29, 0.717) is 5.54 Å². The Morgan fingerprint density at radius 3 is 3.10 bits per heavy atom. The topological polar surface area (TPSA) is 15.6 Å². The SMILES string of the molecule is CC1=NC[C@]2(C)CCCN12. The van der Waals surface area contributed by atoms with Crippen LogP contribution in [0.2, 0.25) is 0 Å². The predicted molar refractivity (Wildman–Crippen MR) is 42.3 cm³/mol. The molecule has 1 fully saturated rings. The third-order valence-corrected chi connectivity index (χ3v) is 2.79. The minimum atomic E-state index is 0.407. The highest BCUT2D eigenvalue weighted by atomic mass is 15.3.